The number of aromatic nitrogens is 2. The lowest BCUT2D eigenvalue weighted by molar-refractivity contribution is -0.119. The number of anilines is 1. The summed E-state index contributed by atoms with van der Waals surface area (Å²) >= 11 is 0. The van der Waals surface area contributed by atoms with Gasteiger partial charge in [0, 0.05) is 32.2 Å². The van der Waals surface area contributed by atoms with Crippen molar-refractivity contribution in [3.8, 4) is 0 Å². The molecule has 1 amide bonds. The topological polar surface area (TPSA) is 59.0 Å². The summed E-state index contributed by atoms with van der Waals surface area (Å²) in [5.74, 6) is 0.962. The number of aryl methyl sites for hydroxylation is 1. The Morgan fingerprint density at radius 2 is 2.15 bits per heavy atom. The molecular formula is C15H20N4O. The zero-order valence-electron chi connectivity index (χ0n) is 12.1. The van der Waals surface area contributed by atoms with E-state index in [2.05, 4.69) is 22.5 Å². The predicted molar refractivity (Wildman–Crippen MR) is 79.5 cm³/mol. The number of amides is 1. The van der Waals surface area contributed by atoms with Gasteiger partial charge in [0.15, 0.2) is 0 Å². The molecule has 106 valence electrons. The third-order valence-electron chi connectivity index (χ3n) is 3.26. The Labute approximate surface area is 119 Å². The maximum atomic E-state index is 11.5. The lowest BCUT2D eigenvalue weighted by Crippen LogP contribution is -2.21. The molecule has 0 aliphatic rings. The van der Waals surface area contributed by atoms with E-state index >= 15 is 0 Å². The fourth-order valence-corrected chi connectivity index (χ4v) is 2.17. The van der Waals surface area contributed by atoms with Crippen molar-refractivity contribution in [2.24, 2.45) is 7.05 Å². The van der Waals surface area contributed by atoms with E-state index in [1.165, 1.54) is 0 Å². The van der Waals surface area contributed by atoms with Crippen molar-refractivity contribution >= 4 is 11.6 Å². The molecule has 0 radical (unpaired) electrons. The average Bonchev–Trinajstić information content (AvgIpc) is 2.87. The molecule has 0 saturated carbocycles. The van der Waals surface area contributed by atoms with E-state index in [4.69, 9.17) is 0 Å². The SMILES string of the molecule is CNC(=O)Cc1ccccc1NC(C)c1nccn1C. The van der Waals surface area contributed by atoms with Gasteiger partial charge in [0.05, 0.1) is 12.5 Å². The van der Waals surface area contributed by atoms with Crippen LogP contribution in [0.15, 0.2) is 36.7 Å². The van der Waals surface area contributed by atoms with Gasteiger partial charge in [-0.2, -0.15) is 0 Å². The maximum Gasteiger partial charge on any atom is 0.224 e. The number of likely N-dealkylation sites (N-methyl/N-ethyl adjacent to an activating group) is 1. The van der Waals surface area contributed by atoms with Crippen molar-refractivity contribution in [1.82, 2.24) is 14.9 Å². The number of carbonyl (C=O) groups excluding carboxylic acids is 1. The van der Waals surface area contributed by atoms with E-state index in [0.29, 0.717) is 6.42 Å². The van der Waals surface area contributed by atoms with Crippen molar-refractivity contribution < 1.29 is 4.79 Å². The molecule has 5 nitrogen and oxygen atoms in total. The quantitative estimate of drug-likeness (QED) is 0.873. The van der Waals surface area contributed by atoms with Gasteiger partial charge in [0.2, 0.25) is 5.91 Å². The number of imidazole rings is 1. The average molecular weight is 272 g/mol. The minimum absolute atomic E-state index is 0.00361. The first-order valence-electron chi connectivity index (χ1n) is 6.64. The molecule has 0 aliphatic heterocycles. The van der Waals surface area contributed by atoms with E-state index in [-0.39, 0.29) is 11.9 Å². The Bertz CT molecular complexity index is 591. The highest BCUT2D eigenvalue weighted by molar-refractivity contribution is 5.80. The molecule has 1 heterocycles. The number of nitrogens with zero attached hydrogens (tertiary/aromatic N) is 2. The molecule has 0 saturated heterocycles. The summed E-state index contributed by atoms with van der Waals surface area (Å²) < 4.78 is 1.99. The Morgan fingerprint density at radius 3 is 2.80 bits per heavy atom. The minimum atomic E-state index is 0.00361. The number of hydrogen-bond acceptors (Lipinski definition) is 3. The van der Waals surface area contributed by atoms with Crippen molar-refractivity contribution in [3.63, 3.8) is 0 Å². The number of benzene rings is 1. The molecule has 1 aromatic carbocycles. The summed E-state index contributed by atoms with van der Waals surface area (Å²) in [6.45, 7) is 2.05. The largest absolute Gasteiger partial charge is 0.375 e. The van der Waals surface area contributed by atoms with Crippen molar-refractivity contribution in [3.05, 3.63) is 48.0 Å². The van der Waals surface area contributed by atoms with Crippen LogP contribution in [0.2, 0.25) is 0 Å². The number of hydrogen-bond donors (Lipinski definition) is 2. The summed E-state index contributed by atoms with van der Waals surface area (Å²) in [6.07, 6.45) is 4.07. The maximum absolute atomic E-state index is 11.5. The summed E-state index contributed by atoms with van der Waals surface area (Å²) in [7, 11) is 3.62. The van der Waals surface area contributed by atoms with Crippen LogP contribution in [0.3, 0.4) is 0 Å². The molecule has 0 spiro atoms. The second-order valence-corrected chi connectivity index (χ2v) is 4.77. The molecule has 5 heteroatoms. The first kappa shape index (κ1) is 14.1. The standard InChI is InChI=1S/C15H20N4O/c1-11(15-17-8-9-19(15)3)18-13-7-5-4-6-12(13)10-14(20)16-2/h4-9,11,18H,10H2,1-3H3,(H,16,20). The normalized spacial score (nSPS) is 11.9. The van der Waals surface area contributed by atoms with E-state index in [1.54, 1.807) is 13.2 Å². The monoisotopic (exact) mass is 272 g/mol. The van der Waals surface area contributed by atoms with Crippen molar-refractivity contribution in [2.45, 2.75) is 19.4 Å². The second-order valence-electron chi connectivity index (χ2n) is 4.77. The molecule has 0 fully saturated rings. The van der Waals surface area contributed by atoms with Gasteiger partial charge >= 0.3 is 0 Å². The smallest absolute Gasteiger partial charge is 0.224 e. The molecule has 1 unspecified atom stereocenters. The molecule has 2 rings (SSSR count). The molecule has 2 aromatic rings. The van der Waals surface area contributed by atoms with Gasteiger partial charge in [-0.15, -0.1) is 0 Å². The first-order valence-corrected chi connectivity index (χ1v) is 6.64. The van der Waals surface area contributed by atoms with Crippen LogP contribution in [0.5, 0.6) is 0 Å². The number of carbonyl (C=O) groups is 1. The van der Waals surface area contributed by atoms with Gasteiger partial charge < -0.3 is 15.2 Å². The lowest BCUT2D eigenvalue weighted by atomic mass is 10.1. The highest BCUT2D eigenvalue weighted by Gasteiger charge is 2.13. The zero-order chi connectivity index (χ0) is 14.5. The Morgan fingerprint density at radius 1 is 1.40 bits per heavy atom. The van der Waals surface area contributed by atoms with Gasteiger partial charge in [-0.25, -0.2) is 4.98 Å². The highest BCUT2D eigenvalue weighted by Crippen LogP contribution is 2.21. The fraction of sp³-hybridized carbons (Fsp3) is 0.333. The van der Waals surface area contributed by atoms with E-state index in [0.717, 1.165) is 17.1 Å². The van der Waals surface area contributed by atoms with Gasteiger partial charge in [-0.3, -0.25) is 4.79 Å². The van der Waals surface area contributed by atoms with E-state index in [1.807, 2.05) is 42.1 Å². The van der Waals surface area contributed by atoms with Crippen LogP contribution in [0, 0.1) is 0 Å². The molecule has 1 atom stereocenters. The summed E-state index contributed by atoms with van der Waals surface area (Å²) in [5.41, 5.74) is 1.94. The van der Waals surface area contributed by atoms with Crippen LogP contribution in [0.25, 0.3) is 0 Å². The first-order chi connectivity index (χ1) is 9.61. The number of nitrogens with one attached hydrogen (secondary N) is 2. The molecule has 0 aliphatic carbocycles. The molecule has 0 bridgehead atoms. The third-order valence-corrected chi connectivity index (χ3v) is 3.26. The molecule has 20 heavy (non-hydrogen) atoms. The highest BCUT2D eigenvalue weighted by atomic mass is 16.1. The van der Waals surface area contributed by atoms with Crippen LogP contribution in [0.4, 0.5) is 5.69 Å². The minimum Gasteiger partial charge on any atom is -0.375 e. The van der Waals surface area contributed by atoms with Gasteiger partial charge in [0.25, 0.3) is 0 Å². The second kappa shape index (κ2) is 6.23. The number of para-hydroxylation sites is 1. The van der Waals surface area contributed by atoms with Gasteiger partial charge in [-0.05, 0) is 18.6 Å². The van der Waals surface area contributed by atoms with Crippen LogP contribution >= 0.6 is 0 Å². The lowest BCUT2D eigenvalue weighted by Gasteiger charge is -2.17. The number of rotatable bonds is 5. The summed E-state index contributed by atoms with van der Waals surface area (Å²) in [5, 5.41) is 6.07. The fourth-order valence-electron chi connectivity index (χ4n) is 2.17. The summed E-state index contributed by atoms with van der Waals surface area (Å²) in [6, 6.07) is 7.91. The Kier molecular flexibility index (Phi) is 4.40. The zero-order valence-corrected chi connectivity index (χ0v) is 12.1. The Balaban J connectivity index is 2.17. The van der Waals surface area contributed by atoms with Crippen LogP contribution in [-0.2, 0) is 18.3 Å². The van der Waals surface area contributed by atoms with Crippen LogP contribution in [-0.4, -0.2) is 22.5 Å². The Hall–Kier alpha value is -2.30. The van der Waals surface area contributed by atoms with Crippen molar-refractivity contribution in [1.29, 1.82) is 0 Å². The van der Waals surface area contributed by atoms with E-state index < -0.39 is 0 Å². The molecule has 2 N–H and O–H groups in total. The van der Waals surface area contributed by atoms with Crippen LogP contribution < -0.4 is 10.6 Å². The van der Waals surface area contributed by atoms with Crippen LogP contribution in [0.1, 0.15) is 24.4 Å². The van der Waals surface area contributed by atoms with E-state index in [9.17, 15) is 4.79 Å². The summed E-state index contributed by atoms with van der Waals surface area (Å²) in [4.78, 5) is 15.9. The molecular weight excluding hydrogens is 252 g/mol. The van der Waals surface area contributed by atoms with Gasteiger partial charge in [-0.1, -0.05) is 18.2 Å². The third kappa shape index (κ3) is 3.17. The molecule has 1 aromatic heterocycles. The van der Waals surface area contributed by atoms with Gasteiger partial charge in [0.1, 0.15) is 5.82 Å². The van der Waals surface area contributed by atoms with Crippen molar-refractivity contribution in [2.75, 3.05) is 12.4 Å². The predicted octanol–water partition coefficient (Wildman–Crippen LogP) is 1.88.